The average molecular weight is 346 g/mol. The molecule has 2 aromatic carbocycles. The largest absolute Gasteiger partial charge is 0.494 e. The molecule has 0 amide bonds. The number of methoxy groups -OCH3 is 1. The van der Waals surface area contributed by atoms with Gasteiger partial charge in [-0.15, -0.1) is 5.10 Å². The van der Waals surface area contributed by atoms with Gasteiger partial charge in [0.05, 0.1) is 11.6 Å². The molecule has 0 aliphatic rings. The lowest BCUT2D eigenvalue weighted by Gasteiger charge is -2.10. The van der Waals surface area contributed by atoms with Crippen molar-refractivity contribution >= 4 is 21.6 Å². The molecule has 3 rings (SSSR count). The number of halogens is 1. The lowest BCUT2D eigenvalue weighted by molar-refractivity contribution is 0.411. The van der Waals surface area contributed by atoms with Crippen LogP contribution in [0.4, 0.5) is 5.69 Å². The van der Waals surface area contributed by atoms with Crippen molar-refractivity contribution in [2.24, 2.45) is 0 Å². The van der Waals surface area contributed by atoms with Crippen molar-refractivity contribution in [2.45, 2.75) is 0 Å². The molecular weight excluding hydrogens is 334 g/mol. The van der Waals surface area contributed by atoms with Crippen molar-refractivity contribution in [2.75, 3.05) is 12.8 Å². The van der Waals surface area contributed by atoms with Crippen LogP contribution in [0.15, 0.2) is 46.9 Å². The number of nitrogens with two attached hydrogens (primary N) is 1. The Balaban J connectivity index is 2.20. The van der Waals surface area contributed by atoms with Crippen LogP contribution in [0.3, 0.4) is 0 Å². The van der Waals surface area contributed by atoms with E-state index in [0.717, 1.165) is 15.7 Å². The molecule has 2 N–H and O–H groups in total. The zero-order chi connectivity index (χ0) is 14.8. The normalized spacial score (nSPS) is 10.6. The summed E-state index contributed by atoms with van der Waals surface area (Å²) in [4.78, 5) is 0. The second kappa shape index (κ2) is 5.53. The summed E-state index contributed by atoms with van der Waals surface area (Å²) >= 11 is 3.48. The molecule has 1 heterocycles. The first-order chi connectivity index (χ1) is 10.2. The van der Waals surface area contributed by atoms with Gasteiger partial charge in [-0.3, -0.25) is 0 Å². The number of aromatic nitrogens is 4. The highest BCUT2D eigenvalue weighted by atomic mass is 79.9. The van der Waals surface area contributed by atoms with Crippen LogP contribution in [0.25, 0.3) is 17.1 Å². The predicted molar refractivity (Wildman–Crippen MR) is 83.3 cm³/mol. The molecule has 0 aliphatic carbocycles. The second-order valence-electron chi connectivity index (χ2n) is 4.29. The highest BCUT2D eigenvalue weighted by Crippen LogP contribution is 2.33. The van der Waals surface area contributed by atoms with E-state index in [-0.39, 0.29) is 0 Å². The second-order valence-corrected chi connectivity index (χ2v) is 5.09. The smallest absolute Gasteiger partial charge is 0.188 e. The van der Waals surface area contributed by atoms with Gasteiger partial charge in [0.25, 0.3) is 0 Å². The molecule has 0 bridgehead atoms. The van der Waals surface area contributed by atoms with E-state index < -0.39 is 0 Å². The van der Waals surface area contributed by atoms with Crippen LogP contribution in [0, 0.1) is 0 Å². The maximum absolute atomic E-state index is 5.92. The number of ether oxygens (including phenoxy) is 1. The minimum absolute atomic E-state index is 0.582. The molecule has 0 saturated carbocycles. The van der Waals surface area contributed by atoms with E-state index in [9.17, 15) is 0 Å². The number of anilines is 1. The van der Waals surface area contributed by atoms with Crippen LogP contribution in [-0.4, -0.2) is 27.3 Å². The van der Waals surface area contributed by atoms with Gasteiger partial charge in [-0.25, -0.2) is 0 Å². The number of tetrazole rings is 1. The van der Waals surface area contributed by atoms with Crippen molar-refractivity contribution in [3.05, 3.63) is 46.9 Å². The monoisotopic (exact) mass is 345 g/mol. The molecule has 1 aromatic heterocycles. The van der Waals surface area contributed by atoms with Gasteiger partial charge < -0.3 is 10.5 Å². The van der Waals surface area contributed by atoms with Crippen molar-refractivity contribution in [3.8, 4) is 22.8 Å². The van der Waals surface area contributed by atoms with Gasteiger partial charge in [-0.05, 0) is 50.6 Å². The van der Waals surface area contributed by atoms with E-state index in [4.69, 9.17) is 10.5 Å². The quantitative estimate of drug-likeness (QED) is 0.738. The van der Waals surface area contributed by atoms with Crippen LogP contribution in [0.5, 0.6) is 5.75 Å². The number of nitrogen functional groups attached to an aromatic ring is 1. The van der Waals surface area contributed by atoms with Gasteiger partial charge >= 0.3 is 0 Å². The fourth-order valence-electron chi connectivity index (χ4n) is 2.04. The van der Waals surface area contributed by atoms with Crippen LogP contribution in [0.1, 0.15) is 0 Å². The summed E-state index contributed by atoms with van der Waals surface area (Å²) in [6.07, 6.45) is 0. The number of hydrogen-bond acceptors (Lipinski definition) is 5. The SMILES string of the molecule is COc1ccccc1-n1nnnc1-c1cccc(N)c1Br. The van der Waals surface area contributed by atoms with E-state index in [1.54, 1.807) is 11.8 Å². The first-order valence-corrected chi connectivity index (χ1v) is 6.98. The molecule has 0 unspecified atom stereocenters. The number of rotatable bonds is 3. The number of para-hydroxylation sites is 2. The molecule has 0 aliphatic heterocycles. The number of benzene rings is 2. The molecule has 0 atom stereocenters. The maximum Gasteiger partial charge on any atom is 0.188 e. The van der Waals surface area contributed by atoms with E-state index in [1.165, 1.54) is 0 Å². The summed E-state index contributed by atoms with van der Waals surface area (Å²) < 4.78 is 7.74. The Morgan fingerprint density at radius 3 is 2.76 bits per heavy atom. The van der Waals surface area contributed by atoms with Crippen LogP contribution in [0.2, 0.25) is 0 Å². The van der Waals surface area contributed by atoms with Gasteiger partial charge in [0.1, 0.15) is 11.4 Å². The fraction of sp³-hybridized carbons (Fsp3) is 0.0714. The molecule has 7 heteroatoms. The standard InChI is InChI=1S/C14H12BrN5O/c1-21-12-8-3-2-7-11(12)20-14(17-18-19-20)9-5-4-6-10(16)13(9)15/h2-8H,16H2,1H3. The van der Waals surface area contributed by atoms with E-state index in [1.807, 2.05) is 42.5 Å². The molecular formula is C14H12BrN5O. The highest BCUT2D eigenvalue weighted by Gasteiger charge is 2.17. The molecule has 0 spiro atoms. The molecule has 106 valence electrons. The topological polar surface area (TPSA) is 78.8 Å². The Morgan fingerprint density at radius 2 is 1.95 bits per heavy atom. The summed E-state index contributed by atoms with van der Waals surface area (Å²) in [6.45, 7) is 0. The number of hydrogen-bond donors (Lipinski definition) is 1. The summed E-state index contributed by atoms with van der Waals surface area (Å²) in [5.41, 5.74) is 8.12. The third kappa shape index (κ3) is 2.36. The van der Waals surface area contributed by atoms with E-state index >= 15 is 0 Å². The molecule has 3 aromatic rings. The van der Waals surface area contributed by atoms with Gasteiger partial charge in [0.2, 0.25) is 0 Å². The molecule has 6 nitrogen and oxygen atoms in total. The maximum atomic E-state index is 5.92. The Kier molecular flexibility index (Phi) is 3.57. The number of nitrogens with zero attached hydrogens (tertiary/aromatic N) is 4. The summed E-state index contributed by atoms with van der Waals surface area (Å²) in [6, 6.07) is 13.1. The lowest BCUT2D eigenvalue weighted by atomic mass is 10.2. The Bertz CT molecular complexity index is 787. The van der Waals surface area contributed by atoms with E-state index in [2.05, 4.69) is 31.5 Å². The van der Waals surface area contributed by atoms with Crippen molar-refractivity contribution in [1.29, 1.82) is 0 Å². The average Bonchev–Trinajstić information content (AvgIpc) is 2.99. The lowest BCUT2D eigenvalue weighted by Crippen LogP contribution is -2.03. The Hall–Kier alpha value is -2.41. The van der Waals surface area contributed by atoms with Gasteiger partial charge in [-0.2, -0.15) is 4.68 Å². The van der Waals surface area contributed by atoms with Crippen LogP contribution < -0.4 is 10.5 Å². The van der Waals surface area contributed by atoms with Crippen molar-refractivity contribution in [3.63, 3.8) is 0 Å². The minimum Gasteiger partial charge on any atom is -0.494 e. The third-order valence-corrected chi connectivity index (χ3v) is 3.94. The molecule has 0 saturated heterocycles. The van der Waals surface area contributed by atoms with Gasteiger partial charge in [-0.1, -0.05) is 18.2 Å². The van der Waals surface area contributed by atoms with Gasteiger partial charge in [0, 0.05) is 11.3 Å². The Labute approximate surface area is 129 Å². The Morgan fingerprint density at radius 1 is 1.14 bits per heavy atom. The zero-order valence-corrected chi connectivity index (χ0v) is 12.8. The van der Waals surface area contributed by atoms with Gasteiger partial charge in [0.15, 0.2) is 5.82 Å². The van der Waals surface area contributed by atoms with Crippen molar-refractivity contribution < 1.29 is 4.74 Å². The summed E-state index contributed by atoms with van der Waals surface area (Å²) in [7, 11) is 1.61. The van der Waals surface area contributed by atoms with Crippen LogP contribution in [-0.2, 0) is 0 Å². The van der Waals surface area contributed by atoms with Crippen molar-refractivity contribution in [1.82, 2.24) is 20.2 Å². The zero-order valence-electron chi connectivity index (χ0n) is 11.2. The summed E-state index contributed by atoms with van der Waals surface area (Å²) in [5, 5.41) is 11.9. The molecule has 0 fully saturated rings. The third-order valence-electron chi connectivity index (χ3n) is 3.05. The van der Waals surface area contributed by atoms with E-state index in [0.29, 0.717) is 17.3 Å². The van der Waals surface area contributed by atoms with Crippen LogP contribution >= 0.6 is 15.9 Å². The fourth-order valence-corrected chi connectivity index (χ4v) is 2.49. The molecule has 21 heavy (non-hydrogen) atoms. The first-order valence-electron chi connectivity index (χ1n) is 6.18. The molecule has 0 radical (unpaired) electrons. The highest BCUT2D eigenvalue weighted by molar-refractivity contribution is 9.10. The minimum atomic E-state index is 0.582. The first kappa shape index (κ1) is 13.6. The summed E-state index contributed by atoms with van der Waals surface area (Å²) in [5.74, 6) is 1.27. The predicted octanol–water partition coefficient (Wildman–Crippen LogP) is 2.68.